The summed E-state index contributed by atoms with van der Waals surface area (Å²) in [5.41, 5.74) is -0.315. The minimum atomic E-state index is -1.40. The van der Waals surface area contributed by atoms with E-state index < -0.39 is 23.3 Å². The molecule has 0 bridgehead atoms. The second-order valence-corrected chi connectivity index (χ2v) is 3.11. The molecule has 1 rings (SSSR count). The van der Waals surface area contributed by atoms with E-state index in [2.05, 4.69) is 5.32 Å². The fraction of sp³-hybridized carbons (Fsp3) is 0.200. The van der Waals surface area contributed by atoms with E-state index in [4.69, 9.17) is 5.11 Å². The molecule has 1 aromatic carbocycles. The number of halogens is 1. The largest absolute Gasteiger partial charge is 0.478 e. The van der Waals surface area contributed by atoms with E-state index in [9.17, 15) is 14.0 Å². The summed E-state index contributed by atoms with van der Waals surface area (Å²) in [7, 11) is 0. The minimum absolute atomic E-state index is 0.0295. The molecule has 1 aromatic rings. The Labute approximate surface area is 85.7 Å². The zero-order valence-corrected chi connectivity index (χ0v) is 8.30. The number of nitrogens with one attached hydrogen (secondary N) is 1. The van der Waals surface area contributed by atoms with Crippen molar-refractivity contribution in [1.29, 1.82) is 0 Å². The number of carboxylic acids is 1. The lowest BCUT2D eigenvalue weighted by Gasteiger charge is -2.08. The van der Waals surface area contributed by atoms with Gasteiger partial charge in [-0.1, -0.05) is 6.07 Å². The highest BCUT2D eigenvalue weighted by Gasteiger charge is 2.18. The molecule has 5 heteroatoms. The van der Waals surface area contributed by atoms with E-state index in [-0.39, 0.29) is 11.3 Å². The number of aryl methyl sites for hydroxylation is 1. The van der Waals surface area contributed by atoms with Crippen LogP contribution in [0.1, 0.15) is 22.8 Å². The first-order valence-corrected chi connectivity index (χ1v) is 4.23. The van der Waals surface area contributed by atoms with Gasteiger partial charge >= 0.3 is 5.97 Å². The molecule has 0 unspecified atom stereocenters. The molecule has 0 aliphatic heterocycles. The molecule has 0 aliphatic carbocycles. The maximum absolute atomic E-state index is 13.4. The Kier molecular flexibility index (Phi) is 3.04. The van der Waals surface area contributed by atoms with Crippen LogP contribution in [0.2, 0.25) is 0 Å². The highest BCUT2D eigenvalue weighted by atomic mass is 19.1. The molecular weight excluding hydrogens is 201 g/mol. The number of aromatic carboxylic acids is 1. The molecule has 0 saturated heterocycles. The molecule has 0 aliphatic rings. The third-order valence-corrected chi connectivity index (χ3v) is 1.86. The van der Waals surface area contributed by atoms with E-state index in [0.717, 1.165) is 0 Å². The van der Waals surface area contributed by atoms with Gasteiger partial charge in [-0.15, -0.1) is 0 Å². The number of carboxylic acid groups (broad SMARTS) is 1. The van der Waals surface area contributed by atoms with Crippen molar-refractivity contribution in [2.75, 3.05) is 5.32 Å². The first-order valence-electron chi connectivity index (χ1n) is 4.23. The molecule has 0 atom stereocenters. The van der Waals surface area contributed by atoms with Crippen molar-refractivity contribution in [3.05, 3.63) is 29.1 Å². The highest BCUT2D eigenvalue weighted by molar-refractivity contribution is 6.00. The smallest absolute Gasteiger partial charge is 0.340 e. The predicted molar refractivity (Wildman–Crippen MR) is 52.4 cm³/mol. The fourth-order valence-electron chi connectivity index (χ4n) is 1.18. The summed E-state index contributed by atoms with van der Waals surface area (Å²) in [5.74, 6) is -2.67. The van der Waals surface area contributed by atoms with Gasteiger partial charge in [0.15, 0.2) is 0 Å². The standard InChI is InChI=1S/C10H10FNO3/c1-5-3-4-7(12-6(2)13)8(9(5)11)10(14)15/h3-4H,1-2H3,(H,12,13)(H,14,15). The molecule has 0 fully saturated rings. The van der Waals surface area contributed by atoms with Crippen LogP contribution in [0.15, 0.2) is 12.1 Å². The van der Waals surface area contributed by atoms with Gasteiger partial charge in [-0.05, 0) is 18.6 Å². The second-order valence-electron chi connectivity index (χ2n) is 3.11. The van der Waals surface area contributed by atoms with Gasteiger partial charge in [0.1, 0.15) is 11.4 Å². The van der Waals surface area contributed by atoms with Crippen molar-refractivity contribution in [1.82, 2.24) is 0 Å². The summed E-state index contributed by atoms with van der Waals surface area (Å²) in [6.07, 6.45) is 0. The summed E-state index contributed by atoms with van der Waals surface area (Å²) < 4.78 is 13.4. The lowest BCUT2D eigenvalue weighted by Crippen LogP contribution is -2.13. The Morgan fingerprint density at radius 3 is 2.47 bits per heavy atom. The summed E-state index contributed by atoms with van der Waals surface area (Å²) in [6, 6.07) is 2.77. The van der Waals surface area contributed by atoms with Crippen LogP contribution in [-0.4, -0.2) is 17.0 Å². The molecule has 1 amide bonds. The van der Waals surface area contributed by atoms with Crippen LogP contribution < -0.4 is 5.32 Å². The van der Waals surface area contributed by atoms with E-state index in [1.165, 1.54) is 26.0 Å². The monoisotopic (exact) mass is 211 g/mol. The molecule has 2 N–H and O–H groups in total. The zero-order valence-electron chi connectivity index (χ0n) is 8.30. The SMILES string of the molecule is CC(=O)Nc1ccc(C)c(F)c1C(=O)O. The van der Waals surface area contributed by atoms with Crippen LogP contribution in [-0.2, 0) is 4.79 Å². The first-order chi connectivity index (χ1) is 6.93. The van der Waals surface area contributed by atoms with Crippen LogP contribution in [0.5, 0.6) is 0 Å². The van der Waals surface area contributed by atoms with Crippen LogP contribution in [0.25, 0.3) is 0 Å². The Morgan fingerprint density at radius 1 is 1.40 bits per heavy atom. The van der Waals surface area contributed by atoms with Gasteiger partial charge in [0, 0.05) is 6.92 Å². The first kappa shape index (κ1) is 11.2. The van der Waals surface area contributed by atoms with Gasteiger partial charge in [-0.3, -0.25) is 4.79 Å². The van der Waals surface area contributed by atoms with Crippen LogP contribution in [0, 0.1) is 12.7 Å². The normalized spacial score (nSPS) is 9.80. The maximum atomic E-state index is 13.4. The lowest BCUT2D eigenvalue weighted by atomic mass is 10.1. The molecule has 4 nitrogen and oxygen atoms in total. The van der Waals surface area contributed by atoms with Gasteiger partial charge in [0.25, 0.3) is 0 Å². The molecular formula is C10H10FNO3. The number of anilines is 1. The lowest BCUT2D eigenvalue weighted by molar-refractivity contribution is -0.114. The number of carbonyl (C=O) groups excluding carboxylic acids is 1. The van der Waals surface area contributed by atoms with Crippen molar-refractivity contribution in [3.8, 4) is 0 Å². The third kappa shape index (κ3) is 2.31. The van der Waals surface area contributed by atoms with Crippen molar-refractivity contribution in [3.63, 3.8) is 0 Å². The summed E-state index contributed by atoms with van der Waals surface area (Å²) in [4.78, 5) is 21.5. The summed E-state index contributed by atoms with van der Waals surface area (Å²) >= 11 is 0. The molecule has 80 valence electrons. The molecule has 0 radical (unpaired) electrons. The van der Waals surface area contributed by atoms with E-state index in [1.54, 1.807) is 0 Å². The molecule has 0 spiro atoms. The number of benzene rings is 1. The quantitative estimate of drug-likeness (QED) is 0.783. The highest BCUT2D eigenvalue weighted by Crippen LogP contribution is 2.21. The molecule has 0 heterocycles. The Hall–Kier alpha value is -1.91. The van der Waals surface area contributed by atoms with Crippen LogP contribution in [0.4, 0.5) is 10.1 Å². The average Bonchev–Trinajstić information content (AvgIpc) is 2.10. The van der Waals surface area contributed by atoms with Gasteiger partial charge in [-0.25, -0.2) is 9.18 Å². The van der Waals surface area contributed by atoms with E-state index in [1.807, 2.05) is 0 Å². The number of carbonyl (C=O) groups is 2. The van der Waals surface area contributed by atoms with E-state index >= 15 is 0 Å². The Balaban J connectivity index is 3.33. The number of hydrogen-bond acceptors (Lipinski definition) is 2. The zero-order chi connectivity index (χ0) is 11.6. The van der Waals surface area contributed by atoms with Crippen molar-refractivity contribution >= 4 is 17.6 Å². The molecule has 0 saturated carbocycles. The number of hydrogen-bond donors (Lipinski definition) is 2. The fourth-order valence-corrected chi connectivity index (χ4v) is 1.18. The van der Waals surface area contributed by atoms with E-state index in [0.29, 0.717) is 0 Å². The summed E-state index contributed by atoms with van der Waals surface area (Å²) in [6.45, 7) is 2.68. The van der Waals surface area contributed by atoms with Gasteiger partial charge in [0.2, 0.25) is 5.91 Å². The van der Waals surface area contributed by atoms with Crippen LogP contribution in [0.3, 0.4) is 0 Å². The van der Waals surface area contributed by atoms with Gasteiger partial charge < -0.3 is 10.4 Å². The Morgan fingerprint density at radius 2 is 2.00 bits per heavy atom. The summed E-state index contributed by atoms with van der Waals surface area (Å²) in [5, 5.41) is 11.1. The maximum Gasteiger partial charge on any atom is 0.340 e. The average molecular weight is 211 g/mol. The number of amides is 1. The molecule has 0 aromatic heterocycles. The van der Waals surface area contributed by atoms with Gasteiger partial charge in [-0.2, -0.15) is 0 Å². The van der Waals surface area contributed by atoms with Crippen molar-refractivity contribution < 1.29 is 19.1 Å². The van der Waals surface area contributed by atoms with Crippen molar-refractivity contribution in [2.24, 2.45) is 0 Å². The Bertz CT molecular complexity index is 429. The predicted octanol–water partition coefficient (Wildman–Crippen LogP) is 1.79. The van der Waals surface area contributed by atoms with Crippen LogP contribution >= 0.6 is 0 Å². The topological polar surface area (TPSA) is 66.4 Å². The number of rotatable bonds is 2. The van der Waals surface area contributed by atoms with Crippen molar-refractivity contribution in [2.45, 2.75) is 13.8 Å². The van der Waals surface area contributed by atoms with Gasteiger partial charge in [0.05, 0.1) is 5.69 Å². The third-order valence-electron chi connectivity index (χ3n) is 1.86. The second kappa shape index (κ2) is 4.08. The minimum Gasteiger partial charge on any atom is -0.478 e. The molecule has 15 heavy (non-hydrogen) atoms.